The van der Waals surface area contributed by atoms with Crippen LogP contribution in [0, 0.1) is 5.41 Å². The number of ether oxygens (including phenoxy) is 1. The van der Waals surface area contributed by atoms with Crippen LogP contribution < -0.4 is 4.74 Å². The molecule has 0 amide bonds. The topological polar surface area (TPSA) is 9.23 Å². The van der Waals surface area contributed by atoms with E-state index in [9.17, 15) is 0 Å². The van der Waals surface area contributed by atoms with E-state index in [1.54, 1.807) is 0 Å². The predicted molar refractivity (Wildman–Crippen MR) is 75.0 cm³/mol. The first-order valence-electron chi connectivity index (χ1n) is 6.04. The average molecular weight is 244 g/mol. The van der Waals surface area contributed by atoms with Crippen molar-refractivity contribution in [3.63, 3.8) is 0 Å². The monoisotopic (exact) mass is 244 g/mol. The molecule has 1 nitrogen and oxygen atoms in total. The number of thiol groups is 1. The van der Waals surface area contributed by atoms with Gasteiger partial charge < -0.3 is 4.74 Å². The van der Waals surface area contributed by atoms with Crippen molar-refractivity contribution in [2.45, 2.75) is 12.8 Å². The van der Waals surface area contributed by atoms with Gasteiger partial charge in [-0.1, -0.05) is 36.4 Å². The Morgan fingerprint density at radius 3 is 2.59 bits per heavy atom. The van der Waals surface area contributed by atoms with Gasteiger partial charge in [-0.3, -0.25) is 0 Å². The van der Waals surface area contributed by atoms with E-state index in [2.05, 4.69) is 55.1 Å². The summed E-state index contributed by atoms with van der Waals surface area (Å²) in [5, 5.41) is 2.44. The zero-order valence-corrected chi connectivity index (χ0v) is 10.6. The SMILES string of the molecule is SCC1(COc2cccc3ccccc23)CC1. The summed E-state index contributed by atoms with van der Waals surface area (Å²) in [4.78, 5) is 0. The van der Waals surface area contributed by atoms with Gasteiger partial charge in [-0.2, -0.15) is 12.6 Å². The first kappa shape index (κ1) is 11.0. The molecule has 0 saturated heterocycles. The van der Waals surface area contributed by atoms with Gasteiger partial charge >= 0.3 is 0 Å². The Balaban J connectivity index is 1.85. The molecule has 0 heterocycles. The molecule has 0 spiro atoms. The molecule has 0 aromatic heterocycles. The van der Waals surface area contributed by atoms with E-state index in [0.29, 0.717) is 5.41 Å². The van der Waals surface area contributed by atoms with E-state index >= 15 is 0 Å². The molecule has 1 aliphatic carbocycles. The van der Waals surface area contributed by atoms with E-state index in [1.807, 2.05) is 0 Å². The summed E-state index contributed by atoms with van der Waals surface area (Å²) in [5.41, 5.74) is 0.347. The van der Waals surface area contributed by atoms with Crippen LogP contribution in [0.3, 0.4) is 0 Å². The lowest BCUT2D eigenvalue weighted by atomic mass is 10.1. The Bertz CT molecular complexity index is 526. The number of rotatable bonds is 4. The molecule has 1 fully saturated rings. The Labute approximate surface area is 107 Å². The second-order valence-corrected chi connectivity index (χ2v) is 5.24. The highest BCUT2D eigenvalue weighted by atomic mass is 32.1. The zero-order valence-electron chi connectivity index (χ0n) is 9.73. The lowest BCUT2D eigenvalue weighted by Crippen LogP contribution is -2.14. The van der Waals surface area contributed by atoms with Crippen LogP contribution in [-0.2, 0) is 0 Å². The van der Waals surface area contributed by atoms with Gasteiger partial charge in [-0.25, -0.2) is 0 Å². The maximum absolute atomic E-state index is 5.99. The third kappa shape index (κ3) is 2.14. The van der Waals surface area contributed by atoms with Crippen LogP contribution in [-0.4, -0.2) is 12.4 Å². The Morgan fingerprint density at radius 1 is 1.06 bits per heavy atom. The Morgan fingerprint density at radius 2 is 1.82 bits per heavy atom. The minimum atomic E-state index is 0.347. The molecule has 2 heteroatoms. The third-order valence-corrected chi connectivity index (χ3v) is 4.25. The summed E-state index contributed by atoms with van der Waals surface area (Å²) >= 11 is 4.40. The summed E-state index contributed by atoms with van der Waals surface area (Å²) in [6.45, 7) is 0.796. The highest BCUT2D eigenvalue weighted by Gasteiger charge is 2.42. The highest BCUT2D eigenvalue weighted by molar-refractivity contribution is 7.80. The fourth-order valence-corrected chi connectivity index (χ4v) is 2.48. The number of hydrogen-bond acceptors (Lipinski definition) is 2. The van der Waals surface area contributed by atoms with Crippen LogP contribution in [0.15, 0.2) is 42.5 Å². The van der Waals surface area contributed by atoms with Gasteiger partial charge in [0.1, 0.15) is 5.75 Å². The molecule has 88 valence electrons. The largest absolute Gasteiger partial charge is 0.492 e. The van der Waals surface area contributed by atoms with Crippen molar-refractivity contribution in [1.29, 1.82) is 0 Å². The van der Waals surface area contributed by atoms with E-state index in [4.69, 9.17) is 4.74 Å². The van der Waals surface area contributed by atoms with Crippen LogP contribution in [0.25, 0.3) is 10.8 Å². The van der Waals surface area contributed by atoms with Crippen LogP contribution in [0.4, 0.5) is 0 Å². The summed E-state index contributed by atoms with van der Waals surface area (Å²) in [6.07, 6.45) is 2.50. The minimum Gasteiger partial charge on any atom is -0.492 e. The molecule has 0 bridgehead atoms. The predicted octanol–water partition coefficient (Wildman–Crippen LogP) is 3.93. The van der Waals surface area contributed by atoms with Crippen LogP contribution in [0.5, 0.6) is 5.75 Å². The fourth-order valence-electron chi connectivity index (χ4n) is 2.08. The maximum atomic E-state index is 5.99. The molecule has 0 radical (unpaired) electrons. The second-order valence-electron chi connectivity index (χ2n) is 4.92. The van der Waals surface area contributed by atoms with Gasteiger partial charge in [0.25, 0.3) is 0 Å². The fraction of sp³-hybridized carbons (Fsp3) is 0.333. The molecule has 0 atom stereocenters. The summed E-state index contributed by atoms with van der Waals surface area (Å²) in [5.74, 6) is 1.92. The van der Waals surface area contributed by atoms with Crippen molar-refractivity contribution < 1.29 is 4.74 Å². The van der Waals surface area contributed by atoms with Crippen LogP contribution >= 0.6 is 12.6 Å². The van der Waals surface area contributed by atoms with Crippen molar-refractivity contribution in [2.75, 3.05) is 12.4 Å². The molecule has 0 unspecified atom stereocenters. The maximum Gasteiger partial charge on any atom is 0.127 e. The number of hydrogen-bond donors (Lipinski definition) is 1. The van der Waals surface area contributed by atoms with Gasteiger partial charge in [0.2, 0.25) is 0 Å². The number of benzene rings is 2. The first-order valence-corrected chi connectivity index (χ1v) is 6.68. The zero-order chi connectivity index (χ0) is 11.7. The third-order valence-electron chi connectivity index (χ3n) is 3.58. The summed E-state index contributed by atoms with van der Waals surface area (Å²) < 4.78 is 5.99. The minimum absolute atomic E-state index is 0.347. The molecule has 0 N–H and O–H groups in total. The second kappa shape index (κ2) is 4.26. The standard InChI is InChI=1S/C15H16OS/c17-11-15(8-9-15)10-16-14-7-3-5-12-4-1-2-6-13(12)14/h1-7,17H,8-11H2. The van der Waals surface area contributed by atoms with Gasteiger partial charge in [0, 0.05) is 10.8 Å². The van der Waals surface area contributed by atoms with E-state index < -0.39 is 0 Å². The first-order chi connectivity index (χ1) is 8.33. The molecule has 17 heavy (non-hydrogen) atoms. The number of fused-ring (bicyclic) bond motifs is 1. The molecular weight excluding hydrogens is 228 g/mol. The van der Waals surface area contributed by atoms with Crippen LogP contribution in [0.2, 0.25) is 0 Å². The Hall–Kier alpha value is -1.15. The Kier molecular flexibility index (Phi) is 2.75. The average Bonchev–Trinajstić information content (AvgIpc) is 3.17. The normalized spacial score (nSPS) is 17.0. The van der Waals surface area contributed by atoms with Crippen molar-refractivity contribution in [3.05, 3.63) is 42.5 Å². The summed E-state index contributed by atoms with van der Waals surface area (Å²) in [6, 6.07) is 14.6. The van der Waals surface area contributed by atoms with Crippen molar-refractivity contribution in [1.82, 2.24) is 0 Å². The van der Waals surface area contributed by atoms with Gasteiger partial charge in [-0.05, 0) is 30.0 Å². The molecular formula is C15H16OS. The molecule has 1 aliphatic rings. The quantitative estimate of drug-likeness (QED) is 0.802. The van der Waals surface area contributed by atoms with Crippen molar-refractivity contribution in [3.8, 4) is 5.75 Å². The lowest BCUT2D eigenvalue weighted by Gasteiger charge is -2.14. The van der Waals surface area contributed by atoms with E-state index in [-0.39, 0.29) is 0 Å². The molecule has 1 saturated carbocycles. The molecule has 2 aromatic rings. The van der Waals surface area contributed by atoms with Gasteiger partial charge in [-0.15, -0.1) is 0 Å². The molecule has 0 aliphatic heterocycles. The van der Waals surface area contributed by atoms with E-state index in [1.165, 1.54) is 23.6 Å². The summed E-state index contributed by atoms with van der Waals surface area (Å²) in [7, 11) is 0. The van der Waals surface area contributed by atoms with Crippen LogP contribution in [0.1, 0.15) is 12.8 Å². The highest BCUT2D eigenvalue weighted by Crippen LogP contribution is 2.46. The lowest BCUT2D eigenvalue weighted by molar-refractivity contribution is 0.253. The van der Waals surface area contributed by atoms with Gasteiger partial charge in [0.05, 0.1) is 6.61 Å². The van der Waals surface area contributed by atoms with E-state index in [0.717, 1.165) is 18.1 Å². The van der Waals surface area contributed by atoms with Gasteiger partial charge in [0.15, 0.2) is 0 Å². The molecule has 3 rings (SSSR count). The molecule has 2 aromatic carbocycles. The van der Waals surface area contributed by atoms with Crippen molar-refractivity contribution in [2.24, 2.45) is 5.41 Å². The van der Waals surface area contributed by atoms with Crippen molar-refractivity contribution >= 4 is 23.4 Å². The smallest absolute Gasteiger partial charge is 0.127 e.